The summed E-state index contributed by atoms with van der Waals surface area (Å²) in [7, 11) is 0. The van der Waals surface area contributed by atoms with Crippen molar-refractivity contribution < 1.29 is 4.74 Å². The van der Waals surface area contributed by atoms with Gasteiger partial charge in [-0.1, -0.05) is 25.1 Å². The smallest absolute Gasteiger partial charge is 0.0495 e. The second kappa shape index (κ2) is 7.06. The van der Waals surface area contributed by atoms with Gasteiger partial charge in [-0.2, -0.15) is 0 Å². The van der Waals surface area contributed by atoms with E-state index in [1.54, 1.807) is 0 Å². The van der Waals surface area contributed by atoms with Gasteiger partial charge in [0.15, 0.2) is 0 Å². The molecule has 1 heterocycles. The van der Waals surface area contributed by atoms with Crippen molar-refractivity contribution in [2.45, 2.75) is 46.1 Å². The average Bonchev–Trinajstić information content (AvgIpc) is 2.87. The Bertz CT molecular complexity index is 376. The van der Waals surface area contributed by atoms with E-state index >= 15 is 0 Å². The molecule has 1 saturated heterocycles. The molecule has 2 heteroatoms. The molecular formula is C17H27NO. The average molecular weight is 261 g/mol. The van der Waals surface area contributed by atoms with Crippen molar-refractivity contribution in [3.63, 3.8) is 0 Å². The fraction of sp³-hybridized carbons (Fsp3) is 0.647. The maximum absolute atomic E-state index is 5.51. The third-order valence-electron chi connectivity index (χ3n) is 4.23. The van der Waals surface area contributed by atoms with Crippen molar-refractivity contribution in [3.05, 3.63) is 34.9 Å². The lowest BCUT2D eigenvalue weighted by molar-refractivity contribution is 0.181. The van der Waals surface area contributed by atoms with E-state index in [4.69, 9.17) is 4.74 Å². The molecule has 106 valence electrons. The number of ether oxygens (including phenoxy) is 1. The van der Waals surface area contributed by atoms with Crippen molar-refractivity contribution in [2.75, 3.05) is 19.8 Å². The fourth-order valence-electron chi connectivity index (χ4n) is 3.12. The highest BCUT2D eigenvalue weighted by atomic mass is 16.5. The predicted octanol–water partition coefficient (Wildman–Crippen LogP) is 3.25. The maximum Gasteiger partial charge on any atom is 0.0495 e. The van der Waals surface area contributed by atoms with Crippen molar-refractivity contribution >= 4 is 0 Å². The van der Waals surface area contributed by atoms with Crippen molar-refractivity contribution in [3.8, 4) is 0 Å². The molecule has 19 heavy (non-hydrogen) atoms. The summed E-state index contributed by atoms with van der Waals surface area (Å²) in [6.07, 6.45) is 3.61. The van der Waals surface area contributed by atoms with E-state index in [1.807, 2.05) is 0 Å². The Hall–Kier alpha value is -0.860. The van der Waals surface area contributed by atoms with E-state index < -0.39 is 0 Å². The van der Waals surface area contributed by atoms with Gasteiger partial charge in [-0.3, -0.25) is 0 Å². The third kappa shape index (κ3) is 4.05. The lowest BCUT2D eigenvalue weighted by Gasteiger charge is -2.22. The molecule has 2 rings (SSSR count). The normalized spacial score (nSPS) is 20.7. The van der Waals surface area contributed by atoms with Crippen LogP contribution in [0.5, 0.6) is 0 Å². The molecule has 1 aliphatic rings. The Morgan fingerprint density at radius 3 is 2.63 bits per heavy atom. The summed E-state index contributed by atoms with van der Waals surface area (Å²) in [6, 6.07) is 7.19. The van der Waals surface area contributed by atoms with E-state index in [0.717, 1.165) is 32.1 Å². The number of hydrogen-bond acceptors (Lipinski definition) is 2. The standard InChI is InChI=1S/C17H27NO/c1-4-18-16(10-15-8-9-19-12-15)11-17-13(2)6-5-7-14(17)3/h5-7,15-16,18H,4,8-12H2,1-3H3. The summed E-state index contributed by atoms with van der Waals surface area (Å²) in [6.45, 7) is 9.60. The van der Waals surface area contributed by atoms with E-state index in [0.29, 0.717) is 6.04 Å². The van der Waals surface area contributed by atoms with Crippen molar-refractivity contribution in [1.82, 2.24) is 5.32 Å². The monoisotopic (exact) mass is 261 g/mol. The number of likely N-dealkylation sites (N-methyl/N-ethyl adjacent to an activating group) is 1. The second-order valence-corrected chi connectivity index (χ2v) is 5.79. The van der Waals surface area contributed by atoms with Crippen LogP contribution >= 0.6 is 0 Å². The zero-order valence-corrected chi connectivity index (χ0v) is 12.5. The van der Waals surface area contributed by atoms with E-state index in [2.05, 4.69) is 44.3 Å². The Labute approximate surface area is 117 Å². The number of benzene rings is 1. The minimum absolute atomic E-state index is 0.580. The molecule has 0 saturated carbocycles. The van der Waals surface area contributed by atoms with Gasteiger partial charge < -0.3 is 10.1 Å². The highest BCUT2D eigenvalue weighted by Gasteiger charge is 2.21. The Balaban J connectivity index is 2.02. The molecule has 1 aromatic rings. The SMILES string of the molecule is CCNC(Cc1c(C)cccc1C)CC1CCOC1. The van der Waals surface area contributed by atoms with Gasteiger partial charge in [0.25, 0.3) is 0 Å². The van der Waals surface area contributed by atoms with Crippen molar-refractivity contribution in [1.29, 1.82) is 0 Å². The Kier molecular flexibility index (Phi) is 5.41. The molecule has 2 atom stereocenters. The first-order valence-electron chi connectivity index (χ1n) is 7.57. The summed E-state index contributed by atoms with van der Waals surface area (Å²) in [4.78, 5) is 0. The topological polar surface area (TPSA) is 21.3 Å². The molecule has 1 fully saturated rings. The van der Waals surface area contributed by atoms with Gasteiger partial charge in [0, 0.05) is 19.3 Å². The molecule has 0 bridgehead atoms. The van der Waals surface area contributed by atoms with Crippen LogP contribution in [0.1, 0.15) is 36.5 Å². The summed E-state index contributed by atoms with van der Waals surface area (Å²) >= 11 is 0. The number of hydrogen-bond donors (Lipinski definition) is 1. The maximum atomic E-state index is 5.51. The molecule has 0 aliphatic carbocycles. The summed E-state index contributed by atoms with van der Waals surface area (Å²) in [5, 5.41) is 3.66. The molecular weight excluding hydrogens is 234 g/mol. The van der Waals surface area contributed by atoms with E-state index in [1.165, 1.54) is 29.5 Å². The first kappa shape index (κ1) is 14.5. The van der Waals surface area contributed by atoms with Gasteiger partial charge >= 0.3 is 0 Å². The molecule has 0 radical (unpaired) electrons. The minimum atomic E-state index is 0.580. The highest BCUT2D eigenvalue weighted by molar-refractivity contribution is 5.34. The van der Waals surface area contributed by atoms with Crippen LogP contribution in [-0.4, -0.2) is 25.8 Å². The van der Waals surface area contributed by atoms with Crippen LogP contribution in [0, 0.1) is 19.8 Å². The van der Waals surface area contributed by atoms with Crippen LogP contribution in [0.15, 0.2) is 18.2 Å². The largest absolute Gasteiger partial charge is 0.381 e. The van der Waals surface area contributed by atoms with Crippen LogP contribution < -0.4 is 5.32 Å². The number of rotatable bonds is 6. The molecule has 2 unspecified atom stereocenters. The Morgan fingerprint density at radius 1 is 1.32 bits per heavy atom. The zero-order chi connectivity index (χ0) is 13.7. The number of nitrogens with one attached hydrogen (secondary N) is 1. The summed E-state index contributed by atoms with van der Waals surface area (Å²) < 4.78 is 5.51. The lowest BCUT2D eigenvalue weighted by atomic mass is 9.91. The highest BCUT2D eigenvalue weighted by Crippen LogP contribution is 2.22. The van der Waals surface area contributed by atoms with E-state index in [9.17, 15) is 0 Å². The van der Waals surface area contributed by atoms with Crippen molar-refractivity contribution in [2.24, 2.45) is 5.92 Å². The van der Waals surface area contributed by atoms with Crippen LogP contribution in [0.4, 0.5) is 0 Å². The van der Waals surface area contributed by atoms with Crippen LogP contribution in [0.25, 0.3) is 0 Å². The predicted molar refractivity (Wildman–Crippen MR) is 80.6 cm³/mol. The Morgan fingerprint density at radius 2 is 2.05 bits per heavy atom. The zero-order valence-electron chi connectivity index (χ0n) is 12.5. The fourth-order valence-corrected chi connectivity index (χ4v) is 3.12. The lowest BCUT2D eigenvalue weighted by Crippen LogP contribution is -2.33. The van der Waals surface area contributed by atoms with Gasteiger partial charge in [-0.25, -0.2) is 0 Å². The van der Waals surface area contributed by atoms with Crippen LogP contribution in [0.3, 0.4) is 0 Å². The molecule has 0 amide bonds. The van der Waals surface area contributed by atoms with Gasteiger partial charge in [0.1, 0.15) is 0 Å². The first-order chi connectivity index (χ1) is 9.20. The third-order valence-corrected chi connectivity index (χ3v) is 4.23. The molecule has 1 N–H and O–H groups in total. The quantitative estimate of drug-likeness (QED) is 0.848. The number of aryl methyl sites for hydroxylation is 2. The molecule has 0 aromatic heterocycles. The van der Waals surface area contributed by atoms with Crippen LogP contribution in [-0.2, 0) is 11.2 Å². The van der Waals surface area contributed by atoms with E-state index in [-0.39, 0.29) is 0 Å². The second-order valence-electron chi connectivity index (χ2n) is 5.79. The molecule has 1 aliphatic heterocycles. The molecule has 2 nitrogen and oxygen atoms in total. The summed E-state index contributed by atoms with van der Waals surface area (Å²) in [5.74, 6) is 0.744. The van der Waals surface area contributed by atoms with Gasteiger partial charge in [-0.15, -0.1) is 0 Å². The summed E-state index contributed by atoms with van der Waals surface area (Å²) in [5.41, 5.74) is 4.36. The van der Waals surface area contributed by atoms with Crippen LogP contribution in [0.2, 0.25) is 0 Å². The first-order valence-corrected chi connectivity index (χ1v) is 7.57. The van der Waals surface area contributed by atoms with Gasteiger partial charge in [0.2, 0.25) is 0 Å². The molecule has 1 aromatic carbocycles. The van der Waals surface area contributed by atoms with Gasteiger partial charge in [0.05, 0.1) is 0 Å². The minimum Gasteiger partial charge on any atom is -0.381 e. The molecule has 0 spiro atoms. The van der Waals surface area contributed by atoms with Gasteiger partial charge in [-0.05, 0) is 62.3 Å².